The van der Waals surface area contributed by atoms with E-state index in [9.17, 15) is 0 Å². The van der Waals surface area contributed by atoms with Crippen molar-refractivity contribution in [2.24, 2.45) is 5.92 Å². The van der Waals surface area contributed by atoms with E-state index >= 15 is 0 Å². The summed E-state index contributed by atoms with van der Waals surface area (Å²) in [4.78, 5) is 0. The molecule has 0 spiro atoms. The third-order valence-electron chi connectivity index (χ3n) is 5.06. The fourth-order valence-corrected chi connectivity index (χ4v) is 3.52. The molecule has 0 amide bonds. The average molecular weight is 313 g/mol. The lowest BCUT2D eigenvalue weighted by Crippen LogP contribution is -2.13. The number of ether oxygens (including phenoxy) is 1. The van der Waals surface area contributed by atoms with Gasteiger partial charge in [-0.1, -0.05) is 38.3 Å². The van der Waals surface area contributed by atoms with Crippen molar-refractivity contribution in [1.82, 2.24) is 0 Å². The second kappa shape index (κ2) is 9.60. The van der Waals surface area contributed by atoms with E-state index in [1.165, 1.54) is 31.2 Å². The smallest absolute Gasteiger partial charge is 0.119 e. The Morgan fingerprint density at radius 1 is 1.09 bits per heavy atom. The Balaban J connectivity index is 1.77. The van der Waals surface area contributed by atoms with E-state index in [4.69, 9.17) is 10.00 Å². The van der Waals surface area contributed by atoms with Crippen LogP contribution in [0, 0.1) is 17.2 Å². The topological polar surface area (TPSA) is 33.0 Å². The minimum Gasteiger partial charge on any atom is -0.491 e. The largest absolute Gasteiger partial charge is 0.491 e. The van der Waals surface area contributed by atoms with E-state index in [0.29, 0.717) is 12.0 Å². The summed E-state index contributed by atoms with van der Waals surface area (Å²) in [5, 5.41) is 8.99. The first-order valence-corrected chi connectivity index (χ1v) is 9.39. The highest BCUT2D eigenvalue weighted by Crippen LogP contribution is 2.36. The number of unbranched alkanes of at least 4 members (excludes halogenated alkanes) is 3. The van der Waals surface area contributed by atoms with E-state index in [2.05, 4.69) is 44.2 Å². The van der Waals surface area contributed by atoms with Crippen molar-refractivity contribution in [1.29, 1.82) is 5.26 Å². The van der Waals surface area contributed by atoms with Crippen molar-refractivity contribution in [2.75, 3.05) is 0 Å². The molecule has 1 unspecified atom stereocenters. The van der Waals surface area contributed by atoms with Gasteiger partial charge in [-0.2, -0.15) is 5.26 Å². The normalized spacial score (nSPS) is 22.3. The molecule has 1 aliphatic carbocycles. The molecule has 23 heavy (non-hydrogen) atoms. The molecule has 126 valence electrons. The molecule has 0 aromatic heterocycles. The molecule has 1 saturated carbocycles. The van der Waals surface area contributed by atoms with Crippen LogP contribution in [0.4, 0.5) is 0 Å². The van der Waals surface area contributed by atoms with E-state index < -0.39 is 0 Å². The Morgan fingerprint density at radius 2 is 1.78 bits per heavy atom. The Labute approximate surface area is 141 Å². The molecule has 2 heteroatoms. The molecule has 0 N–H and O–H groups in total. The van der Waals surface area contributed by atoms with Gasteiger partial charge in [0.2, 0.25) is 0 Å². The van der Waals surface area contributed by atoms with Crippen LogP contribution in [0.3, 0.4) is 0 Å². The number of nitriles is 1. The van der Waals surface area contributed by atoms with Gasteiger partial charge in [-0.3, -0.25) is 0 Å². The zero-order chi connectivity index (χ0) is 16.5. The fourth-order valence-electron chi connectivity index (χ4n) is 3.52. The number of hydrogen-bond donors (Lipinski definition) is 0. The van der Waals surface area contributed by atoms with Crippen LogP contribution >= 0.6 is 0 Å². The quantitative estimate of drug-likeness (QED) is 0.533. The van der Waals surface area contributed by atoms with Gasteiger partial charge in [-0.25, -0.2) is 0 Å². The molecule has 0 heterocycles. The third kappa shape index (κ3) is 5.90. The summed E-state index contributed by atoms with van der Waals surface area (Å²) in [5.41, 5.74) is 1.41. The first kappa shape index (κ1) is 17.9. The Hall–Kier alpha value is -1.49. The molecule has 2 rings (SSSR count). The summed E-state index contributed by atoms with van der Waals surface area (Å²) in [6.07, 6.45) is 11.0. The van der Waals surface area contributed by atoms with Crippen LogP contribution in [0.1, 0.15) is 83.1 Å². The molecule has 1 fully saturated rings. The van der Waals surface area contributed by atoms with Gasteiger partial charge in [0.15, 0.2) is 0 Å². The van der Waals surface area contributed by atoms with Crippen LogP contribution in [0.5, 0.6) is 5.75 Å². The summed E-state index contributed by atoms with van der Waals surface area (Å²) in [6, 6.07) is 11.1. The fraction of sp³-hybridized carbons (Fsp3) is 0.667. The highest BCUT2D eigenvalue weighted by molar-refractivity contribution is 5.30. The van der Waals surface area contributed by atoms with Crippen molar-refractivity contribution in [3.63, 3.8) is 0 Å². The molecular formula is C21H31NO. The summed E-state index contributed by atoms with van der Waals surface area (Å²) in [6.45, 7) is 4.41. The maximum Gasteiger partial charge on any atom is 0.119 e. The summed E-state index contributed by atoms with van der Waals surface area (Å²) in [7, 11) is 0. The number of rotatable bonds is 8. The second-order valence-corrected chi connectivity index (χ2v) is 7.02. The van der Waals surface area contributed by atoms with Gasteiger partial charge >= 0.3 is 0 Å². The van der Waals surface area contributed by atoms with Crippen molar-refractivity contribution < 1.29 is 4.74 Å². The number of benzene rings is 1. The van der Waals surface area contributed by atoms with Crippen LogP contribution < -0.4 is 4.74 Å². The zero-order valence-corrected chi connectivity index (χ0v) is 14.8. The molecule has 0 aliphatic heterocycles. The van der Waals surface area contributed by atoms with Gasteiger partial charge in [-0.05, 0) is 69.1 Å². The average Bonchev–Trinajstić information content (AvgIpc) is 2.59. The predicted octanol–water partition coefficient (Wildman–Crippen LogP) is 6.22. The van der Waals surface area contributed by atoms with Crippen LogP contribution in [0.15, 0.2) is 24.3 Å². The lowest BCUT2D eigenvalue weighted by atomic mass is 9.79. The zero-order valence-electron chi connectivity index (χ0n) is 14.8. The van der Waals surface area contributed by atoms with E-state index in [-0.39, 0.29) is 5.92 Å². The minimum absolute atomic E-state index is 0.280. The highest BCUT2D eigenvalue weighted by atomic mass is 16.5. The van der Waals surface area contributed by atoms with Gasteiger partial charge in [0, 0.05) is 5.92 Å². The highest BCUT2D eigenvalue weighted by Gasteiger charge is 2.22. The van der Waals surface area contributed by atoms with Crippen molar-refractivity contribution >= 4 is 0 Å². The van der Waals surface area contributed by atoms with Crippen molar-refractivity contribution in [2.45, 2.75) is 83.7 Å². The standard InChI is InChI=1S/C21H31NO/c1-3-4-5-6-7-17(2)23-21-14-12-20(13-15-21)19-10-8-18(16-22)9-11-19/h12-15,17-19H,3-11H2,1-2H3. The number of nitrogens with zero attached hydrogens (tertiary/aromatic N) is 1. The molecule has 0 saturated heterocycles. The maximum absolute atomic E-state index is 8.99. The van der Waals surface area contributed by atoms with Crippen LogP contribution in [-0.2, 0) is 0 Å². The molecule has 1 aromatic rings. The molecule has 1 atom stereocenters. The lowest BCUT2D eigenvalue weighted by Gasteiger charge is -2.25. The van der Waals surface area contributed by atoms with Gasteiger partial charge < -0.3 is 4.74 Å². The Kier molecular flexibility index (Phi) is 7.46. The summed E-state index contributed by atoms with van der Waals surface area (Å²) >= 11 is 0. The lowest BCUT2D eigenvalue weighted by molar-refractivity contribution is 0.206. The van der Waals surface area contributed by atoms with Crippen LogP contribution in [-0.4, -0.2) is 6.10 Å². The molecule has 1 aromatic carbocycles. The predicted molar refractivity (Wildman–Crippen MR) is 95.6 cm³/mol. The Morgan fingerprint density at radius 3 is 2.39 bits per heavy atom. The van der Waals surface area contributed by atoms with Gasteiger partial charge in [-0.15, -0.1) is 0 Å². The maximum atomic E-state index is 8.99. The Bertz CT molecular complexity index is 480. The van der Waals surface area contributed by atoms with E-state index in [0.717, 1.165) is 37.9 Å². The van der Waals surface area contributed by atoms with Crippen molar-refractivity contribution in [3.8, 4) is 11.8 Å². The first-order chi connectivity index (χ1) is 11.2. The third-order valence-corrected chi connectivity index (χ3v) is 5.06. The van der Waals surface area contributed by atoms with Gasteiger partial charge in [0.05, 0.1) is 12.2 Å². The van der Waals surface area contributed by atoms with Crippen LogP contribution in [0.25, 0.3) is 0 Å². The minimum atomic E-state index is 0.280. The monoisotopic (exact) mass is 313 g/mol. The molecule has 2 nitrogen and oxygen atoms in total. The summed E-state index contributed by atoms with van der Waals surface area (Å²) < 4.78 is 6.03. The van der Waals surface area contributed by atoms with E-state index in [1.807, 2.05) is 0 Å². The molecular weight excluding hydrogens is 282 g/mol. The first-order valence-electron chi connectivity index (χ1n) is 9.39. The molecule has 1 aliphatic rings. The number of hydrogen-bond acceptors (Lipinski definition) is 2. The summed E-state index contributed by atoms with van der Waals surface area (Å²) in [5.74, 6) is 1.89. The van der Waals surface area contributed by atoms with Crippen molar-refractivity contribution in [3.05, 3.63) is 29.8 Å². The molecule has 0 bridgehead atoms. The van der Waals surface area contributed by atoms with Gasteiger partial charge in [0.1, 0.15) is 5.75 Å². The molecule has 0 radical (unpaired) electrons. The second-order valence-electron chi connectivity index (χ2n) is 7.02. The van der Waals surface area contributed by atoms with E-state index in [1.54, 1.807) is 0 Å². The van der Waals surface area contributed by atoms with Gasteiger partial charge in [0.25, 0.3) is 0 Å². The van der Waals surface area contributed by atoms with Crippen LogP contribution in [0.2, 0.25) is 0 Å². The SMILES string of the molecule is CCCCCCC(C)Oc1ccc(C2CCC(C#N)CC2)cc1.